The summed E-state index contributed by atoms with van der Waals surface area (Å²) in [7, 11) is 0. The standard InChI is InChI=1S/C15H17ClO2/c1-14(2)12(13(17)15(3,4)18-14)9-10-5-7-11(16)8-6-10/h5-9H,1-4H3/b12-9+. The quantitative estimate of drug-likeness (QED) is 0.720. The van der Waals surface area contributed by atoms with Gasteiger partial charge < -0.3 is 4.74 Å². The fourth-order valence-corrected chi connectivity index (χ4v) is 2.43. The van der Waals surface area contributed by atoms with Crippen LogP contribution in [-0.2, 0) is 9.53 Å². The van der Waals surface area contributed by atoms with Crippen LogP contribution in [0, 0.1) is 0 Å². The van der Waals surface area contributed by atoms with Crippen LogP contribution >= 0.6 is 11.6 Å². The Morgan fingerprint density at radius 1 is 1.06 bits per heavy atom. The maximum Gasteiger partial charge on any atom is 0.192 e. The van der Waals surface area contributed by atoms with Gasteiger partial charge in [0, 0.05) is 10.6 Å². The van der Waals surface area contributed by atoms with Gasteiger partial charge in [-0.25, -0.2) is 0 Å². The molecule has 0 atom stereocenters. The monoisotopic (exact) mass is 264 g/mol. The van der Waals surface area contributed by atoms with Crippen molar-refractivity contribution in [1.29, 1.82) is 0 Å². The number of carbonyl (C=O) groups is 1. The summed E-state index contributed by atoms with van der Waals surface area (Å²) >= 11 is 5.85. The second-order valence-corrected chi connectivity index (χ2v) is 6.00. The number of rotatable bonds is 1. The summed E-state index contributed by atoms with van der Waals surface area (Å²) in [5, 5.41) is 0.686. The van der Waals surface area contributed by atoms with Gasteiger partial charge in [-0.3, -0.25) is 4.79 Å². The van der Waals surface area contributed by atoms with E-state index in [1.165, 1.54) is 0 Å². The van der Waals surface area contributed by atoms with Gasteiger partial charge in [-0.2, -0.15) is 0 Å². The Labute approximate surface area is 113 Å². The molecule has 0 saturated carbocycles. The lowest BCUT2D eigenvalue weighted by Crippen LogP contribution is -2.29. The minimum Gasteiger partial charge on any atom is -0.357 e. The van der Waals surface area contributed by atoms with Crippen LogP contribution in [0.4, 0.5) is 0 Å². The average molecular weight is 265 g/mol. The molecule has 1 heterocycles. The fraction of sp³-hybridized carbons (Fsp3) is 0.400. The molecule has 1 aliphatic heterocycles. The molecule has 1 aromatic carbocycles. The van der Waals surface area contributed by atoms with Gasteiger partial charge in [-0.15, -0.1) is 0 Å². The predicted octanol–water partition coefficient (Wildman–Crippen LogP) is 3.88. The topological polar surface area (TPSA) is 26.3 Å². The maximum atomic E-state index is 12.3. The van der Waals surface area contributed by atoms with Gasteiger partial charge in [0.05, 0.1) is 5.60 Å². The van der Waals surface area contributed by atoms with Gasteiger partial charge in [-0.1, -0.05) is 23.7 Å². The highest BCUT2D eigenvalue weighted by molar-refractivity contribution is 6.30. The molecule has 0 N–H and O–H groups in total. The summed E-state index contributed by atoms with van der Waals surface area (Å²) in [6, 6.07) is 7.41. The van der Waals surface area contributed by atoms with Crippen molar-refractivity contribution in [3.05, 3.63) is 40.4 Å². The van der Waals surface area contributed by atoms with E-state index in [1.807, 2.05) is 44.2 Å². The molecule has 1 aliphatic rings. The Bertz CT molecular complexity index is 510. The summed E-state index contributed by atoms with van der Waals surface area (Å²) in [4.78, 5) is 12.3. The van der Waals surface area contributed by atoms with Crippen LogP contribution in [-0.4, -0.2) is 17.0 Å². The van der Waals surface area contributed by atoms with Gasteiger partial charge in [0.2, 0.25) is 0 Å². The molecule has 0 aliphatic carbocycles. The first-order valence-electron chi connectivity index (χ1n) is 5.95. The minimum atomic E-state index is -0.748. The zero-order chi connectivity index (χ0) is 13.6. The highest BCUT2D eigenvalue weighted by Gasteiger charge is 2.49. The van der Waals surface area contributed by atoms with Crippen molar-refractivity contribution in [2.45, 2.75) is 38.9 Å². The molecule has 0 bridgehead atoms. The van der Waals surface area contributed by atoms with Crippen molar-refractivity contribution < 1.29 is 9.53 Å². The zero-order valence-corrected chi connectivity index (χ0v) is 11.8. The molecule has 3 heteroatoms. The van der Waals surface area contributed by atoms with Crippen molar-refractivity contribution in [2.75, 3.05) is 0 Å². The molecule has 0 aromatic heterocycles. The number of ether oxygens (including phenoxy) is 1. The van der Waals surface area contributed by atoms with E-state index in [-0.39, 0.29) is 5.78 Å². The van der Waals surface area contributed by atoms with Crippen molar-refractivity contribution in [2.24, 2.45) is 0 Å². The van der Waals surface area contributed by atoms with E-state index in [9.17, 15) is 4.79 Å². The first kappa shape index (κ1) is 13.3. The Kier molecular flexibility index (Phi) is 3.12. The summed E-state index contributed by atoms with van der Waals surface area (Å²) in [6.45, 7) is 7.45. The Balaban J connectivity index is 2.43. The maximum absolute atomic E-state index is 12.3. The smallest absolute Gasteiger partial charge is 0.192 e. The average Bonchev–Trinajstić information content (AvgIpc) is 2.39. The first-order valence-corrected chi connectivity index (χ1v) is 6.33. The van der Waals surface area contributed by atoms with E-state index in [0.717, 1.165) is 5.56 Å². The molecule has 0 amide bonds. The van der Waals surface area contributed by atoms with E-state index in [1.54, 1.807) is 13.8 Å². The number of benzene rings is 1. The van der Waals surface area contributed by atoms with Crippen LogP contribution in [0.1, 0.15) is 33.3 Å². The van der Waals surface area contributed by atoms with Crippen molar-refractivity contribution in [3.8, 4) is 0 Å². The van der Waals surface area contributed by atoms with Gasteiger partial charge >= 0.3 is 0 Å². The number of carbonyl (C=O) groups excluding carboxylic acids is 1. The number of ketones is 1. The molecule has 18 heavy (non-hydrogen) atoms. The third-order valence-electron chi connectivity index (χ3n) is 3.13. The van der Waals surface area contributed by atoms with Crippen LogP contribution in [0.2, 0.25) is 5.02 Å². The second-order valence-electron chi connectivity index (χ2n) is 5.56. The van der Waals surface area contributed by atoms with Crippen LogP contribution in [0.25, 0.3) is 6.08 Å². The number of hydrogen-bond acceptors (Lipinski definition) is 2. The summed E-state index contributed by atoms with van der Waals surface area (Å²) in [6.07, 6.45) is 1.88. The molecule has 0 radical (unpaired) electrons. The van der Waals surface area contributed by atoms with Gasteiger partial charge in [0.1, 0.15) is 5.60 Å². The number of halogens is 1. The third kappa shape index (κ3) is 2.36. The number of hydrogen-bond donors (Lipinski definition) is 0. The molecule has 1 saturated heterocycles. The largest absolute Gasteiger partial charge is 0.357 e. The minimum absolute atomic E-state index is 0.0439. The number of Topliss-reactive ketones (excluding diaryl/α,β-unsaturated/α-hetero) is 1. The molecule has 2 nitrogen and oxygen atoms in total. The first-order chi connectivity index (χ1) is 8.22. The lowest BCUT2D eigenvalue weighted by Gasteiger charge is -2.22. The molecular formula is C15H17ClO2. The van der Waals surface area contributed by atoms with Crippen molar-refractivity contribution in [1.82, 2.24) is 0 Å². The zero-order valence-electron chi connectivity index (χ0n) is 11.1. The van der Waals surface area contributed by atoms with Gasteiger partial charge in [0.15, 0.2) is 5.78 Å². The Morgan fingerprint density at radius 3 is 2.06 bits per heavy atom. The van der Waals surface area contributed by atoms with E-state index < -0.39 is 11.2 Å². The normalized spacial score (nSPS) is 23.6. The Hall–Kier alpha value is -1.12. The van der Waals surface area contributed by atoms with Crippen molar-refractivity contribution in [3.63, 3.8) is 0 Å². The molecule has 2 rings (SSSR count). The molecule has 0 spiro atoms. The molecule has 1 fully saturated rings. The van der Waals surface area contributed by atoms with Gasteiger partial charge in [-0.05, 0) is 51.5 Å². The summed E-state index contributed by atoms with van der Waals surface area (Å²) < 4.78 is 5.81. The van der Waals surface area contributed by atoms with E-state index >= 15 is 0 Å². The fourth-order valence-electron chi connectivity index (χ4n) is 2.30. The van der Waals surface area contributed by atoms with E-state index in [2.05, 4.69) is 0 Å². The SMILES string of the molecule is CC1(C)OC(C)(C)/C(=C/c2ccc(Cl)cc2)C1=O. The molecule has 96 valence electrons. The van der Waals surface area contributed by atoms with Crippen LogP contribution in [0.15, 0.2) is 29.8 Å². The highest BCUT2D eigenvalue weighted by atomic mass is 35.5. The summed E-state index contributed by atoms with van der Waals surface area (Å²) in [5.41, 5.74) is 0.356. The van der Waals surface area contributed by atoms with Crippen LogP contribution in [0.3, 0.4) is 0 Å². The van der Waals surface area contributed by atoms with Crippen molar-refractivity contribution >= 4 is 23.5 Å². The van der Waals surface area contributed by atoms with Crippen LogP contribution < -0.4 is 0 Å². The second kappa shape index (κ2) is 4.22. The molecule has 0 unspecified atom stereocenters. The lowest BCUT2D eigenvalue weighted by molar-refractivity contribution is -0.132. The lowest BCUT2D eigenvalue weighted by atomic mass is 9.91. The van der Waals surface area contributed by atoms with Gasteiger partial charge in [0.25, 0.3) is 0 Å². The summed E-state index contributed by atoms with van der Waals surface area (Å²) in [5.74, 6) is 0.0439. The highest BCUT2D eigenvalue weighted by Crippen LogP contribution is 2.39. The van der Waals surface area contributed by atoms with E-state index in [4.69, 9.17) is 16.3 Å². The molecule has 1 aromatic rings. The predicted molar refractivity (Wildman–Crippen MR) is 73.7 cm³/mol. The van der Waals surface area contributed by atoms with E-state index in [0.29, 0.717) is 10.6 Å². The Morgan fingerprint density at radius 2 is 1.61 bits per heavy atom. The van der Waals surface area contributed by atoms with Crippen LogP contribution in [0.5, 0.6) is 0 Å². The third-order valence-corrected chi connectivity index (χ3v) is 3.38. The molecular weight excluding hydrogens is 248 g/mol.